The summed E-state index contributed by atoms with van der Waals surface area (Å²) in [6, 6.07) is -1.10. The summed E-state index contributed by atoms with van der Waals surface area (Å²) in [7, 11) is -3.64. The SMILES string of the molecule is CC(C)(C)OC(=O)N1Cc2c(cnn2S(C)(=O)=O)[C@H]1C(N)=O. The molecule has 0 aliphatic carbocycles. The lowest BCUT2D eigenvalue weighted by atomic mass is 10.1. The minimum absolute atomic E-state index is 0.120. The number of fused-ring (bicyclic) bond motifs is 1. The van der Waals surface area contributed by atoms with Gasteiger partial charge in [-0.15, -0.1) is 0 Å². The molecule has 1 atom stereocenters. The molecule has 1 aromatic rings. The first-order chi connectivity index (χ1) is 9.92. The maximum Gasteiger partial charge on any atom is 0.411 e. The summed E-state index contributed by atoms with van der Waals surface area (Å²) in [5.41, 5.74) is 5.12. The van der Waals surface area contributed by atoms with Crippen LogP contribution in [0.25, 0.3) is 0 Å². The normalized spacial score (nSPS) is 18.2. The van der Waals surface area contributed by atoms with Gasteiger partial charge in [-0.2, -0.15) is 9.19 Å². The van der Waals surface area contributed by atoms with Gasteiger partial charge in [-0.25, -0.2) is 13.2 Å². The van der Waals surface area contributed by atoms with E-state index in [1.165, 1.54) is 6.20 Å². The average Bonchev–Trinajstić information content (AvgIpc) is 2.80. The smallest absolute Gasteiger partial charge is 0.411 e. The maximum atomic E-state index is 12.2. The van der Waals surface area contributed by atoms with Crippen LogP contribution in [-0.4, -0.2) is 46.4 Å². The van der Waals surface area contributed by atoms with Crippen LogP contribution in [0.1, 0.15) is 38.1 Å². The van der Waals surface area contributed by atoms with Crippen LogP contribution in [0, 0.1) is 0 Å². The summed E-state index contributed by atoms with van der Waals surface area (Å²) in [5, 5.41) is 3.75. The molecule has 22 heavy (non-hydrogen) atoms. The predicted octanol–water partition coefficient (Wildman–Crippen LogP) is -0.0321. The zero-order valence-corrected chi connectivity index (χ0v) is 13.5. The third-order valence-corrected chi connectivity index (χ3v) is 3.95. The summed E-state index contributed by atoms with van der Waals surface area (Å²) in [5.74, 6) is -0.780. The molecule has 2 amide bonds. The quantitative estimate of drug-likeness (QED) is 0.811. The molecule has 0 unspecified atom stereocenters. The van der Waals surface area contributed by atoms with Crippen molar-refractivity contribution in [2.24, 2.45) is 5.73 Å². The predicted molar refractivity (Wildman–Crippen MR) is 76.2 cm³/mol. The molecule has 0 radical (unpaired) electrons. The van der Waals surface area contributed by atoms with Crippen molar-refractivity contribution in [1.29, 1.82) is 0 Å². The van der Waals surface area contributed by atoms with Crippen LogP contribution < -0.4 is 5.73 Å². The molecule has 1 aliphatic rings. The first-order valence-electron chi connectivity index (χ1n) is 6.48. The summed E-state index contributed by atoms with van der Waals surface area (Å²) in [4.78, 5) is 25.0. The number of ether oxygens (including phenoxy) is 1. The summed E-state index contributed by atoms with van der Waals surface area (Å²) in [6.45, 7) is 4.94. The number of amides is 2. The Labute approximate surface area is 128 Å². The van der Waals surface area contributed by atoms with Crippen LogP contribution in [0.4, 0.5) is 4.79 Å². The lowest BCUT2D eigenvalue weighted by Crippen LogP contribution is -2.40. The first-order valence-corrected chi connectivity index (χ1v) is 8.33. The minimum Gasteiger partial charge on any atom is -0.444 e. The maximum absolute atomic E-state index is 12.2. The van der Waals surface area contributed by atoms with E-state index in [1.807, 2.05) is 0 Å². The molecule has 0 spiro atoms. The molecule has 2 N–H and O–H groups in total. The number of nitrogens with two attached hydrogens (primary N) is 1. The first kappa shape index (κ1) is 16.3. The van der Waals surface area contributed by atoms with Crippen LogP contribution in [0.3, 0.4) is 0 Å². The molecule has 9 nitrogen and oxygen atoms in total. The summed E-state index contributed by atoms with van der Waals surface area (Å²) < 4.78 is 29.4. The van der Waals surface area contributed by atoms with Crippen LogP contribution >= 0.6 is 0 Å². The van der Waals surface area contributed by atoms with Gasteiger partial charge in [0, 0.05) is 5.56 Å². The van der Waals surface area contributed by atoms with Crippen molar-refractivity contribution < 1.29 is 22.7 Å². The van der Waals surface area contributed by atoms with E-state index in [4.69, 9.17) is 10.5 Å². The van der Waals surface area contributed by atoms with Crippen molar-refractivity contribution in [3.05, 3.63) is 17.5 Å². The number of carbonyl (C=O) groups is 2. The molecule has 2 heterocycles. The van der Waals surface area contributed by atoms with Gasteiger partial charge in [0.15, 0.2) is 0 Å². The van der Waals surface area contributed by atoms with Gasteiger partial charge in [-0.3, -0.25) is 9.69 Å². The van der Waals surface area contributed by atoms with E-state index in [1.54, 1.807) is 20.8 Å². The Hall–Kier alpha value is -2.10. The molecule has 1 aromatic heterocycles. The zero-order valence-electron chi connectivity index (χ0n) is 12.7. The molecule has 0 aromatic carbocycles. The van der Waals surface area contributed by atoms with Crippen molar-refractivity contribution in [2.75, 3.05) is 6.26 Å². The fourth-order valence-electron chi connectivity index (χ4n) is 2.25. The summed E-state index contributed by atoms with van der Waals surface area (Å²) >= 11 is 0. The second kappa shape index (κ2) is 4.97. The summed E-state index contributed by atoms with van der Waals surface area (Å²) in [6.07, 6.45) is 1.47. The van der Waals surface area contributed by atoms with Crippen LogP contribution in [0.15, 0.2) is 6.20 Å². The Morgan fingerprint density at radius 1 is 1.41 bits per heavy atom. The Kier molecular flexibility index (Phi) is 3.68. The molecular weight excluding hydrogens is 312 g/mol. The van der Waals surface area contributed by atoms with E-state index in [0.717, 1.165) is 15.2 Å². The highest BCUT2D eigenvalue weighted by molar-refractivity contribution is 7.89. The van der Waals surface area contributed by atoms with Gasteiger partial charge >= 0.3 is 6.09 Å². The molecule has 1 aliphatic heterocycles. The van der Waals surface area contributed by atoms with E-state index < -0.39 is 33.7 Å². The Morgan fingerprint density at radius 2 is 2.00 bits per heavy atom. The Morgan fingerprint density at radius 3 is 2.45 bits per heavy atom. The zero-order chi connectivity index (χ0) is 16.9. The molecule has 0 bridgehead atoms. The second-order valence-electron chi connectivity index (χ2n) is 6.07. The number of hydrogen-bond donors (Lipinski definition) is 1. The largest absolute Gasteiger partial charge is 0.444 e. The van der Waals surface area contributed by atoms with Gasteiger partial charge in [0.1, 0.15) is 11.6 Å². The Bertz CT molecular complexity index is 731. The van der Waals surface area contributed by atoms with E-state index in [0.29, 0.717) is 5.56 Å². The van der Waals surface area contributed by atoms with Gasteiger partial charge in [0.05, 0.1) is 24.7 Å². The number of carbonyl (C=O) groups excluding carboxylic acids is 2. The second-order valence-corrected chi connectivity index (χ2v) is 7.88. The lowest BCUT2D eigenvalue weighted by Gasteiger charge is -2.27. The number of aromatic nitrogens is 2. The molecule has 2 rings (SSSR count). The lowest BCUT2D eigenvalue weighted by molar-refractivity contribution is -0.123. The molecule has 122 valence electrons. The molecule has 0 fully saturated rings. The number of hydrogen-bond acceptors (Lipinski definition) is 6. The Balaban J connectivity index is 2.42. The fraction of sp³-hybridized carbons (Fsp3) is 0.583. The average molecular weight is 330 g/mol. The third-order valence-electron chi connectivity index (χ3n) is 3.00. The standard InChI is InChI=1S/C12H18N4O5S/c1-12(2,3)21-11(18)15-6-8-7(9(15)10(13)17)5-14-16(8)22(4,19)20/h5,9H,6H2,1-4H3,(H2,13,17)/t9-/m0/s1. The molecule has 10 heteroatoms. The number of primary amides is 1. The van der Waals surface area contributed by atoms with E-state index in [9.17, 15) is 18.0 Å². The number of nitrogens with zero attached hydrogens (tertiary/aromatic N) is 3. The van der Waals surface area contributed by atoms with Gasteiger partial charge in [0.2, 0.25) is 5.91 Å². The highest BCUT2D eigenvalue weighted by Gasteiger charge is 2.43. The van der Waals surface area contributed by atoms with Crippen molar-refractivity contribution in [3.8, 4) is 0 Å². The van der Waals surface area contributed by atoms with Crippen molar-refractivity contribution in [1.82, 2.24) is 14.1 Å². The van der Waals surface area contributed by atoms with Crippen molar-refractivity contribution >= 4 is 22.0 Å². The molecule has 0 saturated carbocycles. The van der Waals surface area contributed by atoms with Crippen LogP contribution in [0.5, 0.6) is 0 Å². The van der Waals surface area contributed by atoms with Gasteiger partial charge < -0.3 is 10.5 Å². The topological polar surface area (TPSA) is 125 Å². The molecule has 0 saturated heterocycles. The van der Waals surface area contributed by atoms with Crippen LogP contribution in [0.2, 0.25) is 0 Å². The number of rotatable bonds is 2. The minimum atomic E-state index is -3.64. The van der Waals surface area contributed by atoms with Gasteiger partial charge in [0.25, 0.3) is 10.0 Å². The van der Waals surface area contributed by atoms with Crippen molar-refractivity contribution in [3.63, 3.8) is 0 Å². The third kappa shape index (κ3) is 2.91. The van der Waals surface area contributed by atoms with Gasteiger partial charge in [-0.05, 0) is 20.8 Å². The monoisotopic (exact) mass is 330 g/mol. The highest BCUT2D eigenvalue weighted by Crippen LogP contribution is 2.35. The molecular formula is C12H18N4O5S. The van der Waals surface area contributed by atoms with Gasteiger partial charge in [-0.1, -0.05) is 0 Å². The fourth-order valence-corrected chi connectivity index (χ4v) is 3.04. The van der Waals surface area contributed by atoms with E-state index in [2.05, 4.69) is 5.10 Å². The van der Waals surface area contributed by atoms with E-state index in [-0.39, 0.29) is 12.2 Å². The van der Waals surface area contributed by atoms with Crippen molar-refractivity contribution in [2.45, 2.75) is 39.0 Å². The van der Waals surface area contributed by atoms with Crippen LogP contribution in [-0.2, 0) is 26.1 Å². The van der Waals surface area contributed by atoms with E-state index >= 15 is 0 Å². The highest BCUT2D eigenvalue weighted by atomic mass is 32.2.